The number of thiophene rings is 1. The molecule has 0 spiro atoms. The molecule has 8 heteroatoms. The molecule has 1 atom stereocenters. The van der Waals surface area contributed by atoms with Crippen molar-refractivity contribution in [3.8, 4) is 11.5 Å². The summed E-state index contributed by atoms with van der Waals surface area (Å²) in [5, 5.41) is 9.70. The number of fused-ring (bicyclic) bond motifs is 1. The zero-order chi connectivity index (χ0) is 22.8. The van der Waals surface area contributed by atoms with Crippen LogP contribution in [0.15, 0.2) is 52.9 Å². The molecule has 2 aromatic carbocycles. The molecule has 0 bridgehead atoms. The zero-order valence-corrected chi connectivity index (χ0v) is 19.1. The van der Waals surface area contributed by atoms with Crippen LogP contribution in [-0.4, -0.2) is 38.3 Å². The van der Waals surface area contributed by atoms with E-state index in [1.807, 2.05) is 43.5 Å². The highest BCUT2D eigenvalue weighted by atomic mass is 32.1. The highest BCUT2D eigenvalue weighted by molar-refractivity contribution is 7.17. The Balaban J connectivity index is 0.00000166. The monoisotopic (exact) mass is 441 g/mol. The number of carbonyl (C=O) groups excluding carboxylic acids is 2. The molecule has 2 N–H and O–H groups in total. The van der Waals surface area contributed by atoms with Crippen molar-refractivity contribution in [1.29, 1.82) is 0 Å². The van der Waals surface area contributed by atoms with E-state index in [4.69, 9.17) is 9.47 Å². The number of amides is 2. The van der Waals surface area contributed by atoms with Crippen molar-refractivity contribution in [1.82, 2.24) is 10.7 Å². The van der Waals surface area contributed by atoms with Gasteiger partial charge in [0.15, 0.2) is 11.5 Å². The van der Waals surface area contributed by atoms with Crippen LogP contribution in [-0.2, 0) is 4.79 Å². The second-order valence-corrected chi connectivity index (χ2v) is 7.10. The van der Waals surface area contributed by atoms with Crippen molar-refractivity contribution in [2.75, 3.05) is 14.2 Å². The maximum atomic E-state index is 12.4. The molecule has 31 heavy (non-hydrogen) atoms. The third-order valence-corrected chi connectivity index (χ3v) is 5.26. The first kappa shape index (κ1) is 23.9. The van der Waals surface area contributed by atoms with E-state index in [0.29, 0.717) is 17.1 Å². The highest BCUT2D eigenvalue weighted by Gasteiger charge is 2.17. The average molecular weight is 442 g/mol. The molecule has 1 aromatic heterocycles. The molecule has 0 saturated carbocycles. The van der Waals surface area contributed by atoms with Gasteiger partial charge < -0.3 is 14.8 Å². The number of hydrazone groups is 1. The quantitative estimate of drug-likeness (QED) is 0.425. The summed E-state index contributed by atoms with van der Waals surface area (Å²) in [5.41, 5.74) is 3.74. The number of benzene rings is 2. The Kier molecular flexibility index (Phi) is 9.02. The van der Waals surface area contributed by atoms with Gasteiger partial charge >= 0.3 is 0 Å². The molecule has 0 aliphatic rings. The van der Waals surface area contributed by atoms with E-state index in [1.165, 1.54) is 14.2 Å². The lowest BCUT2D eigenvalue weighted by Gasteiger charge is -2.13. The largest absolute Gasteiger partial charge is 0.493 e. The van der Waals surface area contributed by atoms with E-state index in [-0.39, 0.29) is 0 Å². The van der Waals surface area contributed by atoms with Gasteiger partial charge in [-0.05, 0) is 31.2 Å². The van der Waals surface area contributed by atoms with Crippen LogP contribution in [0, 0.1) is 0 Å². The van der Waals surface area contributed by atoms with E-state index in [9.17, 15) is 9.59 Å². The molecule has 3 aromatic rings. The number of rotatable bonds is 7. The van der Waals surface area contributed by atoms with Gasteiger partial charge in [-0.15, -0.1) is 11.3 Å². The minimum atomic E-state index is -0.771. The predicted molar refractivity (Wildman–Crippen MR) is 125 cm³/mol. The Labute approximate surface area is 186 Å². The second kappa shape index (κ2) is 11.7. The van der Waals surface area contributed by atoms with Gasteiger partial charge in [-0.2, -0.15) is 5.10 Å². The van der Waals surface area contributed by atoms with Gasteiger partial charge in [-0.1, -0.05) is 32.0 Å². The lowest BCUT2D eigenvalue weighted by molar-refractivity contribution is -0.122. The Morgan fingerprint density at radius 2 is 1.77 bits per heavy atom. The van der Waals surface area contributed by atoms with Gasteiger partial charge in [0.2, 0.25) is 0 Å². The number of nitrogens with zero attached hydrogens (tertiary/aromatic N) is 1. The number of nitrogens with one attached hydrogen (secondary N) is 2. The first-order valence-corrected chi connectivity index (χ1v) is 10.7. The molecule has 0 saturated heterocycles. The number of carbonyl (C=O) groups is 2. The molecule has 0 radical (unpaired) electrons. The topological polar surface area (TPSA) is 89.0 Å². The van der Waals surface area contributed by atoms with Gasteiger partial charge in [-0.25, -0.2) is 5.43 Å². The molecule has 164 valence electrons. The minimum Gasteiger partial charge on any atom is -0.493 e. The van der Waals surface area contributed by atoms with Crippen LogP contribution < -0.4 is 20.2 Å². The molecule has 1 heterocycles. The summed E-state index contributed by atoms with van der Waals surface area (Å²) < 4.78 is 11.5. The summed E-state index contributed by atoms with van der Waals surface area (Å²) in [7, 11) is 3.01. The Bertz CT molecular complexity index is 1060. The molecule has 1 unspecified atom stereocenters. The average Bonchev–Trinajstić information content (AvgIpc) is 3.22. The summed E-state index contributed by atoms with van der Waals surface area (Å²) >= 11 is 1.61. The van der Waals surface area contributed by atoms with Crippen molar-refractivity contribution >= 4 is 39.5 Å². The SMILES string of the molecule is CC.COc1ccc(C(=O)NC(C)C(=O)N/N=C/c2csc3ccccc23)cc1OC. The molecule has 7 nitrogen and oxygen atoms in total. The van der Waals surface area contributed by atoms with Crippen LogP contribution in [0.3, 0.4) is 0 Å². The number of methoxy groups -OCH3 is 2. The highest BCUT2D eigenvalue weighted by Crippen LogP contribution is 2.27. The standard InChI is InChI=1S/C21H21N3O4S.C2H6/c1-13(23-21(26)14-8-9-17(27-2)18(10-14)28-3)20(25)24-22-11-15-12-29-19-7-5-4-6-16(15)19;1-2/h4-13H,1-3H3,(H,23,26)(H,24,25);1-2H3/b22-11+;. The summed E-state index contributed by atoms with van der Waals surface area (Å²) in [6, 6.07) is 12.0. The van der Waals surface area contributed by atoms with Gasteiger partial charge in [0, 0.05) is 26.6 Å². The van der Waals surface area contributed by atoms with Crippen LogP contribution in [0.4, 0.5) is 0 Å². The van der Waals surface area contributed by atoms with Crippen LogP contribution in [0.25, 0.3) is 10.1 Å². The van der Waals surface area contributed by atoms with Crippen molar-refractivity contribution in [2.24, 2.45) is 5.10 Å². The van der Waals surface area contributed by atoms with Crippen molar-refractivity contribution < 1.29 is 19.1 Å². The van der Waals surface area contributed by atoms with Crippen LogP contribution in [0.5, 0.6) is 11.5 Å². The first-order valence-electron chi connectivity index (χ1n) is 9.85. The van der Waals surface area contributed by atoms with E-state index in [1.54, 1.807) is 42.7 Å². The number of ether oxygens (including phenoxy) is 2. The maximum absolute atomic E-state index is 12.4. The van der Waals surface area contributed by atoms with E-state index >= 15 is 0 Å². The Hall–Kier alpha value is -3.39. The smallest absolute Gasteiger partial charge is 0.262 e. The second-order valence-electron chi connectivity index (χ2n) is 6.19. The molecule has 2 amide bonds. The minimum absolute atomic E-state index is 0.357. The van der Waals surface area contributed by atoms with Gasteiger partial charge in [-0.3, -0.25) is 9.59 Å². The first-order chi connectivity index (χ1) is 15.0. The van der Waals surface area contributed by atoms with Crippen molar-refractivity contribution in [3.63, 3.8) is 0 Å². The predicted octanol–water partition coefficient (Wildman–Crippen LogP) is 4.21. The molecule has 0 fully saturated rings. The maximum Gasteiger partial charge on any atom is 0.262 e. The summed E-state index contributed by atoms with van der Waals surface area (Å²) in [5.74, 6) is 0.131. The summed E-state index contributed by atoms with van der Waals surface area (Å²) in [6.45, 7) is 5.59. The van der Waals surface area contributed by atoms with E-state index in [0.717, 1.165) is 15.6 Å². The van der Waals surface area contributed by atoms with E-state index < -0.39 is 17.9 Å². The Morgan fingerprint density at radius 1 is 1.06 bits per heavy atom. The lowest BCUT2D eigenvalue weighted by atomic mass is 10.1. The third kappa shape index (κ3) is 6.05. The fourth-order valence-corrected chi connectivity index (χ4v) is 3.60. The molecule has 3 rings (SSSR count). The van der Waals surface area contributed by atoms with Crippen molar-refractivity contribution in [2.45, 2.75) is 26.8 Å². The van der Waals surface area contributed by atoms with Gasteiger partial charge in [0.1, 0.15) is 6.04 Å². The van der Waals surface area contributed by atoms with Crippen LogP contribution >= 0.6 is 11.3 Å². The molecular weight excluding hydrogens is 414 g/mol. The lowest BCUT2D eigenvalue weighted by Crippen LogP contribution is -2.43. The fraction of sp³-hybridized carbons (Fsp3) is 0.261. The zero-order valence-electron chi connectivity index (χ0n) is 18.3. The van der Waals surface area contributed by atoms with Gasteiger partial charge in [0.05, 0.1) is 20.4 Å². The fourth-order valence-electron chi connectivity index (χ4n) is 2.68. The van der Waals surface area contributed by atoms with Crippen LogP contribution in [0.1, 0.15) is 36.7 Å². The summed E-state index contributed by atoms with van der Waals surface area (Å²) in [4.78, 5) is 24.7. The normalized spacial score (nSPS) is 11.4. The van der Waals surface area contributed by atoms with Gasteiger partial charge in [0.25, 0.3) is 11.8 Å². The Morgan fingerprint density at radius 3 is 2.48 bits per heavy atom. The number of hydrogen-bond donors (Lipinski definition) is 2. The summed E-state index contributed by atoms with van der Waals surface area (Å²) in [6.07, 6.45) is 1.60. The molecular formula is C23H27N3O4S. The third-order valence-electron chi connectivity index (χ3n) is 4.28. The van der Waals surface area contributed by atoms with E-state index in [2.05, 4.69) is 15.8 Å². The van der Waals surface area contributed by atoms with Crippen molar-refractivity contribution in [3.05, 3.63) is 59.0 Å². The molecule has 0 aliphatic carbocycles. The van der Waals surface area contributed by atoms with Crippen LogP contribution in [0.2, 0.25) is 0 Å². The number of hydrogen-bond acceptors (Lipinski definition) is 6. The molecule has 0 aliphatic heterocycles.